The van der Waals surface area contributed by atoms with Crippen LogP contribution in [0.25, 0.3) is 0 Å². The zero-order valence-electron chi connectivity index (χ0n) is 10.7. The molecule has 0 fully saturated rings. The lowest BCUT2D eigenvalue weighted by Crippen LogP contribution is -2.02. The zero-order chi connectivity index (χ0) is 13.8. The quantitative estimate of drug-likeness (QED) is 0.852. The van der Waals surface area contributed by atoms with Gasteiger partial charge in [0.2, 0.25) is 0 Å². The Morgan fingerprint density at radius 1 is 1.53 bits per heavy atom. The van der Waals surface area contributed by atoms with E-state index in [1.54, 1.807) is 42.3 Å². The minimum Gasteiger partial charge on any atom is -0.478 e. The van der Waals surface area contributed by atoms with Crippen LogP contribution < -0.4 is 4.74 Å². The molecule has 0 bridgehead atoms. The third-order valence-electron chi connectivity index (χ3n) is 2.41. The van der Waals surface area contributed by atoms with Crippen molar-refractivity contribution in [1.82, 2.24) is 9.78 Å². The van der Waals surface area contributed by atoms with E-state index in [4.69, 9.17) is 4.74 Å². The second-order valence-corrected chi connectivity index (χ2v) is 5.13. The molecular formula is C13H14N2O3S. The fourth-order valence-corrected chi connectivity index (χ4v) is 2.48. The largest absolute Gasteiger partial charge is 0.478 e. The van der Waals surface area contributed by atoms with E-state index in [0.717, 1.165) is 5.75 Å². The number of hydrogen-bond acceptors (Lipinski definition) is 4. The third-order valence-corrected chi connectivity index (χ3v) is 3.35. The summed E-state index contributed by atoms with van der Waals surface area (Å²) in [6.07, 6.45) is 3.23. The number of hydrogen-bond donors (Lipinski definition) is 1. The molecule has 0 aliphatic rings. The number of aromatic nitrogens is 2. The lowest BCUT2D eigenvalue weighted by atomic mass is 10.2. The monoisotopic (exact) mass is 278 g/mol. The van der Waals surface area contributed by atoms with E-state index >= 15 is 0 Å². The number of carboxylic acid groups (broad SMARTS) is 1. The fourth-order valence-electron chi connectivity index (χ4n) is 1.66. The normalized spacial score (nSPS) is 10.4. The summed E-state index contributed by atoms with van der Waals surface area (Å²) in [5, 5.41) is 13.3. The average molecular weight is 278 g/mol. The molecule has 0 aliphatic carbocycles. The lowest BCUT2D eigenvalue weighted by Gasteiger charge is -2.10. The Kier molecular flexibility index (Phi) is 4.11. The molecule has 6 heteroatoms. The second kappa shape index (κ2) is 5.79. The maximum atomic E-state index is 11.4. The van der Waals surface area contributed by atoms with Gasteiger partial charge in [-0.15, -0.1) is 11.8 Å². The Morgan fingerprint density at radius 3 is 2.89 bits per heavy atom. The molecule has 2 rings (SSSR count). The summed E-state index contributed by atoms with van der Waals surface area (Å²) in [6.45, 7) is 1.98. The smallest absolute Gasteiger partial charge is 0.340 e. The van der Waals surface area contributed by atoms with E-state index in [9.17, 15) is 9.90 Å². The van der Waals surface area contributed by atoms with Gasteiger partial charge in [-0.25, -0.2) is 4.79 Å². The van der Waals surface area contributed by atoms with Crippen LogP contribution in [0.5, 0.6) is 11.5 Å². The van der Waals surface area contributed by atoms with Crippen molar-refractivity contribution in [2.45, 2.75) is 11.8 Å². The van der Waals surface area contributed by atoms with Crippen molar-refractivity contribution in [3.8, 4) is 11.5 Å². The van der Waals surface area contributed by atoms with Crippen molar-refractivity contribution < 1.29 is 14.6 Å². The predicted molar refractivity (Wildman–Crippen MR) is 73.1 cm³/mol. The molecule has 0 saturated carbocycles. The first-order chi connectivity index (χ1) is 9.11. The molecular weight excluding hydrogens is 264 g/mol. The van der Waals surface area contributed by atoms with Crippen LogP contribution in [0.1, 0.15) is 17.3 Å². The van der Waals surface area contributed by atoms with Crippen molar-refractivity contribution in [2.75, 3.05) is 5.75 Å². The molecule has 0 amide bonds. The van der Waals surface area contributed by atoms with E-state index in [1.807, 2.05) is 6.92 Å². The molecule has 19 heavy (non-hydrogen) atoms. The molecule has 2 aromatic rings. The van der Waals surface area contributed by atoms with E-state index in [-0.39, 0.29) is 5.56 Å². The lowest BCUT2D eigenvalue weighted by molar-refractivity contribution is 0.0690. The molecule has 0 aliphatic heterocycles. The summed E-state index contributed by atoms with van der Waals surface area (Å²) >= 11 is 1.48. The zero-order valence-corrected chi connectivity index (χ0v) is 11.5. The Balaban J connectivity index is 2.38. The maximum Gasteiger partial charge on any atom is 0.340 e. The Labute approximate surface area is 115 Å². The number of aryl methyl sites for hydroxylation is 1. The topological polar surface area (TPSA) is 64.4 Å². The van der Waals surface area contributed by atoms with Crippen molar-refractivity contribution in [1.29, 1.82) is 0 Å². The van der Waals surface area contributed by atoms with Crippen LogP contribution in [0.4, 0.5) is 0 Å². The first-order valence-corrected chi connectivity index (χ1v) is 6.76. The fraction of sp³-hybridized carbons (Fsp3) is 0.231. The highest BCUT2D eigenvalue weighted by molar-refractivity contribution is 7.99. The molecule has 100 valence electrons. The van der Waals surface area contributed by atoms with Crippen LogP contribution in [0.3, 0.4) is 0 Å². The summed E-state index contributed by atoms with van der Waals surface area (Å²) in [7, 11) is 1.77. The van der Waals surface area contributed by atoms with Crippen LogP contribution in [-0.4, -0.2) is 26.6 Å². The number of benzene rings is 1. The van der Waals surface area contributed by atoms with Gasteiger partial charge < -0.3 is 9.84 Å². The van der Waals surface area contributed by atoms with Gasteiger partial charge >= 0.3 is 5.97 Å². The minimum atomic E-state index is -0.990. The van der Waals surface area contributed by atoms with Gasteiger partial charge in [0, 0.05) is 11.9 Å². The molecule has 5 nitrogen and oxygen atoms in total. The standard InChI is InChI=1S/C13H14N2O3S/c1-3-19-11-6-4-5-10(12(11)13(16)17)18-9-7-14-15(2)8-9/h4-8H,3H2,1-2H3,(H,16,17). The molecule has 1 aromatic heterocycles. The second-order valence-electron chi connectivity index (χ2n) is 3.82. The number of carboxylic acids is 1. The van der Waals surface area contributed by atoms with Gasteiger partial charge in [0.05, 0.1) is 12.4 Å². The summed E-state index contributed by atoms with van der Waals surface area (Å²) in [5.74, 6) is 0.662. The number of thioether (sulfide) groups is 1. The maximum absolute atomic E-state index is 11.4. The average Bonchev–Trinajstić information content (AvgIpc) is 2.75. The Hall–Kier alpha value is -1.95. The van der Waals surface area contributed by atoms with Crippen LogP contribution in [0.2, 0.25) is 0 Å². The van der Waals surface area contributed by atoms with Crippen LogP contribution in [0.15, 0.2) is 35.5 Å². The molecule has 0 spiro atoms. The summed E-state index contributed by atoms with van der Waals surface area (Å²) in [6, 6.07) is 5.22. The van der Waals surface area contributed by atoms with Crippen molar-refractivity contribution >= 4 is 17.7 Å². The van der Waals surface area contributed by atoms with Crippen molar-refractivity contribution in [3.05, 3.63) is 36.2 Å². The summed E-state index contributed by atoms with van der Waals surface area (Å²) in [5.41, 5.74) is 0.193. The molecule has 0 radical (unpaired) electrons. The third kappa shape index (κ3) is 3.08. The van der Waals surface area contributed by atoms with E-state index in [0.29, 0.717) is 16.4 Å². The first-order valence-electron chi connectivity index (χ1n) is 5.77. The summed E-state index contributed by atoms with van der Waals surface area (Å²) < 4.78 is 7.20. The van der Waals surface area contributed by atoms with Gasteiger partial charge in [-0.3, -0.25) is 4.68 Å². The van der Waals surface area contributed by atoms with Gasteiger partial charge in [0.15, 0.2) is 5.75 Å². The van der Waals surface area contributed by atoms with E-state index < -0.39 is 5.97 Å². The Morgan fingerprint density at radius 2 is 2.32 bits per heavy atom. The molecule has 1 heterocycles. The molecule has 0 atom stereocenters. The minimum absolute atomic E-state index is 0.193. The Bertz CT molecular complexity index is 595. The number of aromatic carboxylic acids is 1. The molecule has 0 saturated heterocycles. The summed E-state index contributed by atoms with van der Waals surface area (Å²) in [4.78, 5) is 12.1. The predicted octanol–water partition coefficient (Wildman–Crippen LogP) is 3.02. The SMILES string of the molecule is CCSc1cccc(Oc2cnn(C)c2)c1C(=O)O. The van der Waals surface area contributed by atoms with Gasteiger partial charge in [0.25, 0.3) is 0 Å². The van der Waals surface area contributed by atoms with E-state index in [2.05, 4.69) is 5.10 Å². The van der Waals surface area contributed by atoms with Gasteiger partial charge in [0.1, 0.15) is 11.3 Å². The highest BCUT2D eigenvalue weighted by atomic mass is 32.2. The van der Waals surface area contributed by atoms with Crippen LogP contribution in [0, 0.1) is 0 Å². The molecule has 1 N–H and O–H groups in total. The van der Waals surface area contributed by atoms with Crippen LogP contribution >= 0.6 is 11.8 Å². The highest BCUT2D eigenvalue weighted by Crippen LogP contribution is 2.32. The number of ether oxygens (including phenoxy) is 1. The molecule has 0 unspecified atom stereocenters. The number of rotatable bonds is 5. The van der Waals surface area contributed by atoms with E-state index in [1.165, 1.54) is 11.8 Å². The van der Waals surface area contributed by atoms with Gasteiger partial charge in [-0.2, -0.15) is 5.10 Å². The van der Waals surface area contributed by atoms with Gasteiger partial charge in [-0.05, 0) is 17.9 Å². The number of nitrogens with zero attached hydrogens (tertiary/aromatic N) is 2. The van der Waals surface area contributed by atoms with Crippen molar-refractivity contribution in [2.24, 2.45) is 7.05 Å². The highest BCUT2D eigenvalue weighted by Gasteiger charge is 2.17. The van der Waals surface area contributed by atoms with Crippen molar-refractivity contribution in [3.63, 3.8) is 0 Å². The van der Waals surface area contributed by atoms with Crippen LogP contribution in [-0.2, 0) is 7.05 Å². The van der Waals surface area contributed by atoms with Gasteiger partial charge in [-0.1, -0.05) is 13.0 Å². The molecule has 1 aromatic carbocycles. The number of carbonyl (C=O) groups is 1. The first kappa shape index (κ1) is 13.5.